The van der Waals surface area contributed by atoms with E-state index in [1.165, 1.54) is 12.1 Å². The van der Waals surface area contributed by atoms with Crippen LogP contribution in [0.2, 0.25) is 0 Å². The lowest BCUT2D eigenvalue weighted by Gasteiger charge is -2.48. The first kappa shape index (κ1) is 20.8. The van der Waals surface area contributed by atoms with E-state index in [-0.39, 0.29) is 11.7 Å². The number of anilines is 1. The molecule has 6 rings (SSSR count). The molecule has 0 unspecified atom stereocenters. The third-order valence-electron chi connectivity index (χ3n) is 6.86. The molecule has 2 aliphatic heterocycles. The Labute approximate surface area is 197 Å². The summed E-state index contributed by atoms with van der Waals surface area (Å²) >= 11 is 0. The third kappa shape index (κ3) is 3.80. The van der Waals surface area contributed by atoms with E-state index in [1.807, 2.05) is 46.0 Å². The van der Waals surface area contributed by atoms with Crippen LogP contribution in [-0.2, 0) is 0 Å². The van der Waals surface area contributed by atoms with Gasteiger partial charge in [0.15, 0.2) is 0 Å². The molecule has 0 aliphatic carbocycles. The van der Waals surface area contributed by atoms with E-state index < -0.39 is 0 Å². The number of aromatic nitrogens is 3. The fourth-order valence-electron chi connectivity index (χ4n) is 4.88. The third-order valence-corrected chi connectivity index (χ3v) is 6.86. The Morgan fingerprint density at radius 1 is 0.912 bits per heavy atom. The maximum absolute atomic E-state index is 13.3. The number of hydrogen-bond donors (Lipinski definition) is 0. The van der Waals surface area contributed by atoms with Gasteiger partial charge in [0, 0.05) is 80.5 Å². The Hall–Kier alpha value is -3.78. The number of carbonyl (C=O) groups excluding carboxylic acids is 1. The summed E-state index contributed by atoms with van der Waals surface area (Å²) in [6.45, 7) is 5.22. The number of nitrogens with zero attached hydrogens (tertiary/aromatic N) is 6. The fourth-order valence-corrected chi connectivity index (χ4v) is 4.88. The van der Waals surface area contributed by atoms with Crippen LogP contribution < -0.4 is 4.90 Å². The minimum atomic E-state index is -0.256. The lowest BCUT2D eigenvalue weighted by molar-refractivity contribution is 0.0246. The summed E-state index contributed by atoms with van der Waals surface area (Å²) in [6, 6.07) is 16.4. The molecule has 4 aromatic rings. The molecule has 4 heterocycles. The molecule has 172 valence electrons. The topological polar surface area (TPSA) is 57.5 Å². The van der Waals surface area contributed by atoms with Gasteiger partial charge in [0.25, 0.3) is 5.91 Å². The summed E-state index contributed by atoms with van der Waals surface area (Å²) in [7, 11) is 0. The Balaban J connectivity index is 1.08. The van der Waals surface area contributed by atoms with Crippen molar-refractivity contribution in [2.24, 2.45) is 0 Å². The lowest BCUT2D eigenvalue weighted by atomic mass is 10.0. The molecule has 0 atom stereocenters. The summed E-state index contributed by atoms with van der Waals surface area (Å²) in [4.78, 5) is 28.4. The van der Waals surface area contributed by atoms with Crippen LogP contribution in [0.1, 0.15) is 10.4 Å². The number of halogens is 1. The molecule has 0 saturated carbocycles. The van der Waals surface area contributed by atoms with E-state index in [4.69, 9.17) is 0 Å². The molecule has 1 amide bonds. The molecule has 2 aromatic heterocycles. The SMILES string of the molecule is O=C(c1ccc2c(ccn2-c2ccc([18F])cc2)c1)N1CC(N2CCN(c3ncccn3)CC2)C1. The Morgan fingerprint density at radius 2 is 1.65 bits per heavy atom. The summed E-state index contributed by atoms with van der Waals surface area (Å²) in [6.07, 6.45) is 5.50. The minimum Gasteiger partial charge on any atom is -0.338 e. The minimum absolute atomic E-state index is 0.0732. The molecule has 7 nitrogen and oxygen atoms in total. The molecule has 0 N–H and O–H groups in total. The normalized spacial score (nSPS) is 17.2. The van der Waals surface area contributed by atoms with Crippen molar-refractivity contribution < 1.29 is 9.18 Å². The van der Waals surface area contributed by atoms with Crippen LogP contribution in [-0.4, -0.2) is 75.6 Å². The van der Waals surface area contributed by atoms with Gasteiger partial charge in [-0.1, -0.05) is 0 Å². The van der Waals surface area contributed by atoms with Gasteiger partial charge >= 0.3 is 0 Å². The van der Waals surface area contributed by atoms with Crippen molar-refractivity contribution in [1.29, 1.82) is 0 Å². The van der Waals surface area contributed by atoms with E-state index >= 15 is 0 Å². The van der Waals surface area contributed by atoms with Crippen molar-refractivity contribution in [1.82, 2.24) is 24.3 Å². The highest BCUT2D eigenvalue weighted by Gasteiger charge is 2.36. The van der Waals surface area contributed by atoms with Crippen molar-refractivity contribution in [2.45, 2.75) is 6.04 Å². The summed E-state index contributed by atoms with van der Waals surface area (Å²) < 4.78 is 15.3. The monoisotopic (exact) mass is 455 g/mol. The highest BCUT2D eigenvalue weighted by molar-refractivity contribution is 5.99. The van der Waals surface area contributed by atoms with E-state index in [2.05, 4.69) is 19.8 Å². The maximum atomic E-state index is 13.3. The molecule has 2 fully saturated rings. The molecule has 0 bridgehead atoms. The smallest absolute Gasteiger partial charge is 0.253 e. The number of benzene rings is 2. The quantitative estimate of drug-likeness (QED) is 0.473. The van der Waals surface area contributed by atoms with Crippen LogP contribution in [0.15, 0.2) is 73.2 Å². The molecule has 2 aromatic carbocycles. The second kappa shape index (κ2) is 8.53. The second-order valence-electron chi connectivity index (χ2n) is 8.87. The van der Waals surface area contributed by atoms with Crippen molar-refractivity contribution in [3.05, 3.63) is 84.6 Å². The average molecular weight is 456 g/mol. The van der Waals surface area contributed by atoms with Gasteiger partial charge in [-0.05, 0) is 54.6 Å². The van der Waals surface area contributed by atoms with Gasteiger partial charge < -0.3 is 14.4 Å². The number of fused-ring (bicyclic) bond motifs is 1. The number of amides is 1. The van der Waals surface area contributed by atoms with Gasteiger partial charge in [-0.3, -0.25) is 9.69 Å². The lowest BCUT2D eigenvalue weighted by Crippen LogP contribution is -2.64. The van der Waals surface area contributed by atoms with Crippen LogP contribution in [0.4, 0.5) is 10.3 Å². The number of rotatable bonds is 4. The van der Waals surface area contributed by atoms with E-state index in [9.17, 15) is 9.18 Å². The first-order chi connectivity index (χ1) is 16.7. The van der Waals surface area contributed by atoms with E-state index in [0.29, 0.717) is 11.6 Å². The maximum Gasteiger partial charge on any atom is 0.253 e. The summed E-state index contributed by atoms with van der Waals surface area (Å²) in [5, 5.41) is 0.992. The van der Waals surface area contributed by atoms with Crippen LogP contribution >= 0.6 is 0 Å². The molecule has 2 saturated heterocycles. The van der Waals surface area contributed by atoms with Crippen molar-refractivity contribution in [2.75, 3.05) is 44.2 Å². The van der Waals surface area contributed by atoms with Crippen LogP contribution in [0.25, 0.3) is 16.6 Å². The van der Waals surface area contributed by atoms with Crippen LogP contribution in [0.3, 0.4) is 0 Å². The molecular weight excluding hydrogens is 430 g/mol. The number of carbonyl (C=O) groups is 1. The Bertz CT molecular complexity index is 1310. The predicted molar refractivity (Wildman–Crippen MR) is 129 cm³/mol. The van der Waals surface area contributed by atoms with E-state index in [0.717, 1.165) is 61.8 Å². The first-order valence-corrected chi connectivity index (χ1v) is 11.6. The Kier molecular flexibility index (Phi) is 5.22. The predicted octanol–water partition coefficient (Wildman–Crippen LogP) is 3.21. The van der Waals surface area contributed by atoms with Crippen molar-refractivity contribution >= 4 is 22.8 Å². The van der Waals surface area contributed by atoms with Crippen LogP contribution in [0.5, 0.6) is 0 Å². The van der Waals surface area contributed by atoms with Crippen molar-refractivity contribution in [3.8, 4) is 5.69 Å². The highest BCUT2D eigenvalue weighted by atomic mass is 18.2. The number of likely N-dealkylation sites (tertiary alicyclic amines) is 1. The first-order valence-electron chi connectivity index (χ1n) is 11.6. The zero-order valence-electron chi connectivity index (χ0n) is 18.7. The van der Waals surface area contributed by atoms with Gasteiger partial charge in [-0.25, -0.2) is 14.4 Å². The van der Waals surface area contributed by atoms with Crippen molar-refractivity contribution in [3.63, 3.8) is 0 Å². The average Bonchev–Trinajstić information content (AvgIpc) is 3.28. The molecular formula is C26H25FN6O. The summed E-state index contributed by atoms with van der Waals surface area (Å²) in [5.74, 6) is 0.605. The van der Waals surface area contributed by atoms with Gasteiger partial charge in [0.05, 0.1) is 5.52 Å². The Morgan fingerprint density at radius 3 is 2.38 bits per heavy atom. The standard InChI is InChI=1S/C26H25FN6O/c27-21-3-5-22(6-4-21)33-11-8-19-16-20(2-7-24(19)33)25(34)32-17-23(18-32)30-12-14-31(15-13-30)26-28-9-1-10-29-26/h1-11,16,23H,12-15,17-18H2/i27-1. The zero-order valence-corrected chi connectivity index (χ0v) is 18.7. The number of hydrogen-bond acceptors (Lipinski definition) is 5. The molecule has 0 spiro atoms. The molecule has 8 heteroatoms. The molecule has 2 aliphatic rings. The van der Waals surface area contributed by atoms with E-state index in [1.54, 1.807) is 24.5 Å². The van der Waals surface area contributed by atoms with Gasteiger partial charge in [0.1, 0.15) is 5.82 Å². The van der Waals surface area contributed by atoms with Gasteiger partial charge in [0.2, 0.25) is 5.95 Å². The van der Waals surface area contributed by atoms with Gasteiger partial charge in [-0.15, -0.1) is 0 Å². The second-order valence-corrected chi connectivity index (χ2v) is 8.87. The van der Waals surface area contributed by atoms with Gasteiger partial charge in [-0.2, -0.15) is 0 Å². The zero-order chi connectivity index (χ0) is 23.1. The van der Waals surface area contributed by atoms with Crippen LogP contribution in [0, 0.1) is 5.82 Å². The molecule has 0 radical (unpaired) electrons. The largest absolute Gasteiger partial charge is 0.338 e. The molecule has 34 heavy (non-hydrogen) atoms. The fraction of sp³-hybridized carbons (Fsp3) is 0.269. The summed E-state index contributed by atoms with van der Waals surface area (Å²) in [5.41, 5.74) is 2.58. The number of piperazine rings is 1. The highest BCUT2D eigenvalue weighted by Crippen LogP contribution is 2.25.